The van der Waals surface area contributed by atoms with Crippen LogP contribution in [0, 0.1) is 5.82 Å². The highest BCUT2D eigenvalue weighted by Crippen LogP contribution is 2.21. The zero-order valence-electron chi connectivity index (χ0n) is 10.1. The van der Waals surface area contributed by atoms with E-state index in [1.807, 2.05) is 0 Å². The molecule has 2 atom stereocenters. The van der Waals surface area contributed by atoms with Crippen LogP contribution in [0.3, 0.4) is 0 Å². The van der Waals surface area contributed by atoms with Crippen LogP contribution >= 0.6 is 12.6 Å². The summed E-state index contributed by atoms with van der Waals surface area (Å²) in [6, 6.07) is 4.70. The number of hydrogen-bond donors (Lipinski definition) is 2. The van der Waals surface area contributed by atoms with Crippen LogP contribution in [0.2, 0.25) is 0 Å². The van der Waals surface area contributed by atoms with Crippen LogP contribution in [0.1, 0.15) is 12.0 Å². The first kappa shape index (κ1) is 13.9. The second-order valence-electron chi connectivity index (χ2n) is 4.59. The summed E-state index contributed by atoms with van der Waals surface area (Å²) in [4.78, 5) is 24.4. The molecule has 1 aliphatic heterocycles. The largest absolute Gasteiger partial charge is 0.480 e. The van der Waals surface area contributed by atoms with Gasteiger partial charge in [-0.25, -0.2) is 9.18 Å². The lowest BCUT2D eigenvalue weighted by atomic mass is 10.0. The number of carboxylic acids is 1. The van der Waals surface area contributed by atoms with E-state index < -0.39 is 12.0 Å². The molecule has 0 radical (unpaired) electrons. The third-order valence-electron chi connectivity index (χ3n) is 3.14. The van der Waals surface area contributed by atoms with Crippen molar-refractivity contribution < 1.29 is 19.1 Å². The predicted octanol–water partition coefficient (Wildman–Crippen LogP) is 1.35. The normalized spacial score (nSPS) is 20.6. The Bertz CT molecular complexity index is 491. The number of carboxylic acid groups (broad SMARTS) is 1. The fourth-order valence-electron chi connectivity index (χ4n) is 2.19. The number of carbonyl (C=O) groups excluding carboxylic acids is 1. The lowest BCUT2D eigenvalue weighted by molar-refractivity contribution is -0.148. The molecule has 0 spiro atoms. The topological polar surface area (TPSA) is 57.6 Å². The highest BCUT2D eigenvalue weighted by atomic mass is 32.1. The number of aliphatic carboxylic acids is 1. The Balaban J connectivity index is 2.15. The second-order valence-corrected chi connectivity index (χ2v) is 5.32. The summed E-state index contributed by atoms with van der Waals surface area (Å²) in [6.07, 6.45) is 0.429. The van der Waals surface area contributed by atoms with Crippen LogP contribution in [0.5, 0.6) is 0 Å². The van der Waals surface area contributed by atoms with Gasteiger partial charge in [0, 0.05) is 24.6 Å². The summed E-state index contributed by atoms with van der Waals surface area (Å²) in [5.74, 6) is -1.63. The Morgan fingerprint density at radius 3 is 2.58 bits per heavy atom. The van der Waals surface area contributed by atoms with E-state index in [2.05, 4.69) is 12.6 Å². The van der Waals surface area contributed by atoms with Gasteiger partial charge in [0.15, 0.2) is 0 Å². The van der Waals surface area contributed by atoms with E-state index in [1.54, 1.807) is 0 Å². The maximum atomic E-state index is 12.8. The van der Waals surface area contributed by atoms with Crippen molar-refractivity contribution >= 4 is 24.5 Å². The molecular weight excluding hydrogens is 269 g/mol. The monoisotopic (exact) mass is 283 g/mol. The molecule has 1 N–H and O–H groups in total. The van der Waals surface area contributed by atoms with E-state index in [1.165, 1.54) is 29.2 Å². The molecule has 0 aliphatic carbocycles. The number of rotatable bonds is 4. The molecule has 2 rings (SSSR count). The van der Waals surface area contributed by atoms with Crippen molar-refractivity contribution in [3.63, 3.8) is 0 Å². The van der Waals surface area contributed by atoms with Gasteiger partial charge in [-0.3, -0.25) is 4.79 Å². The summed E-state index contributed by atoms with van der Waals surface area (Å²) in [5.41, 5.74) is 0.684. The van der Waals surface area contributed by atoms with Gasteiger partial charge in [0.25, 0.3) is 0 Å². The first-order valence-corrected chi connectivity index (χ1v) is 6.44. The van der Waals surface area contributed by atoms with Crippen molar-refractivity contribution in [2.75, 3.05) is 6.54 Å². The number of thiol groups is 1. The minimum absolute atomic E-state index is 0.123. The Morgan fingerprint density at radius 2 is 2.11 bits per heavy atom. The number of halogens is 1. The highest BCUT2D eigenvalue weighted by Gasteiger charge is 2.36. The second kappa shape index (κ2) is 5.61. The quantitative estimate of drug-likeness (QED) is 0.820. The van der Waals surface area contributed by atoms with Gasteiger partial charge in [0.05, 0.1) is 0 Å². The smallest absolute Gasteiger partial charge is 0.326 e. The summed E-state index contributed by atoms with van der Waals surface area (Å²) in [5, 5.41) is 9.14. The van der Waals surface area contributed by atoms with Gasteiger partial charge < -0.3 is 10.0 Å². The number of likely N-dealkylation sites (tertiary alicyclic amines) is 1. The van der Waals surface area contributed by atoms with Crippen LogP contribution in [-0.4, -0.2) is 39.7 Å². The van der Waals surface area contributed by atoms with Crippen LogP contribution in [0.4, 0.5) is 4.39 Å². The first-order chi connectivity index (χ1) is 8.97. The minimum atomic E-state index is -1.06. The summed E-state index contributed by atoms with van der Waals surface area (Å²) in [7, 11) is 0. The van der Waals surface area contributed by atoms with E-state index in [-0.39, 0.29) is 29.8 Å². The molecule has 1 saturated heterocycles. The number of amides is 1. The van der Waals surface area contributed by atoms with Crippen LogP contribution in [0.25, 0.3) is 0 Å². The van der Waals surface area contributed by atoms with Gasteiger partial charge in [-0.05, 0) is 17.7 Å². The first-order valence-electron chi connectivity index (χ1n) is 5.92. The van der Waals surface area contributed by atoms with Gasteiger partial charge in [-0.2, -0.15) is 12.6 Å². The lowest BCUT2D eigenvalue weighted by Crippen LogP contribution is -2.43. The van der Waals surface area contributed by atoms with Crippen molar-refractivity contribution in [2.45, 2.75) is 24.1 Å². The molecule has 0 bridgehead atoms. The van der Waals surface area contributed by atoms with E-state index in [9.17, 15) is 19.1 Å². The van der Waals surface area contributed by atoms with Crippen LogP contribution in [0.15, 0.2) is 24.3 Å². The molecule has 1 aliphatic rings. The van der Waals surface area contributed by atoms with E-state index in [4.69, 9.17) is 0 Å². The Morgan fingerprint density at radius 1 is 1.47 bits per heavy atom. The number of benzene rings is 1. The molecular formula is C13H14FNO3S. The molecule has 102 valence electrons. The van der Waals surface area contributed by atoms with Crippen molar-refractivity contribution in [3.05, 3.63) is 35.6 Å². The number of nitrogens with zero attached hydrogens (tertiary/aromatic N) is 1. The van der Waals surface area contributed by atoms with Gasteiger partial charge in [0.1, 0.15) is 11.9 Å². The average Bonchev–Trinajstić information content (AvgIpc) is 2.67. The van der Waals surface area contributed by atoms with Crippen molar-refractivity contribution in [1.29, 1.82) is 0 Å². The summed E-state index contributed by atoms with van der Waals surface area (Å²) >= 11 is 4.21. The fraction of sp³-hybridized carbons (Fsp3) is 0.385. The molecule has 1 unspecified atom stereocenters. The summed E-state index contributed by atoms with van der Waals surface area (Å²) < 4.78 is 12.8. The molecule has 1 aromatic carbocycles. The number of hydrogen-bond acceptors (Lipinski definition) is 3. The molecule has 4 nitrogen and oxygen atoms in total. The lowest BCUT2D eigenvalue weighted by Gasteiger charge is -2.24. The molecule has 6 heteroatoms. The number of carbonyl (C=O) groups is 2. The Kier molecular flexibility index (Phi) is 4.09. The van der Waals surface area contributed by atoms with Gasteiger partial charge in [-0.1, -0.05) is 12.1 Å². The Labute approximate surface area is 115 Å². The highest BCUT2D eigenvalue weighted by molar-refractivity contribution is 7.81. The fourth-order valence-corrected chi connectivity index (χ4v) is 2.52. The van der Waals surface area contributed by atoms with Crippen molar-refractivity contribution in [2.24, 2.45) is 0 Å². The van der Waals surface area contributed by atoms with Gasteiger partial charge in [0.2, 0.25) is 5.91 Å². The van der Waals surface area contributed by atoms with Crippen molar-refractivity contribution in [1.82, 2.24) is 4.90 Å². The van der Waals surface area contributed by atoms with Gasteiger partial charge >= 0.3 is 5.97 Å². The SMILES string of the molecule is O=C(O)[C@H](Cc1ccc(F)cc1)N1CC(S)CC1=O. The van der Waals surface area contributed by atoms with Crippen LogP contribution in [-0.2, 0) is 16.0 Å². The zero-order chi connectivity index (χ0) is 14.0. The summed E-state index contributed by atoms with van der Waals surface area (Å²) in [6.45, 7) is 0.333. The standard InChI is InChI=1S/C13H14FNO3S/c14-9-3-1-8(2-4-9)5-11(13(17)18)15-7-10(19)6-12(15)16/h1-4,10-11,19H,5-7H2,(H,17,18)/t10?,11-/m0/s1. The van der Waals surface area contributed by atoms with Gasteiger partial charge in [-0.15, -0.1) is 0 Å². The maximum absolute atomic E-state index is 12.8. The molecule has 1 heterocycles. The minimum Gasteiger partial charge on any atom is -0.480 e. The van der Waals surface area contributed by atoms with E-state index >= 15 is 0 Å². The molecule has 0 saturated carbocycles. The predicted molar refractivity (Wildman–Crippen MR) is 70.6 cm³/mol. The molecule has 1 aromatic rings. The molecule has 1 amide bonds. The maximum Gasteiger partial charge on any atom is 0.326 e. The third kappa shape index (κ3) is 3.26. The third-order valence-corrected chi connectivity index (χ3v) is 3.49. The van der Waals surface area contributed by atoms with Crippen molar-refractivity contribution in [3.8, 4) is 0 Å². The average molecular weight is 283 g/mol. The van der Waals surface area contributed by atoms with E-state index in [0.717, 1.165) is 0 Å². The Hall–Kier alpha value is -1.56. The molecule has 1 fully saturated rings. The van der Waals surface area contributed by atoms with E-state index in [0.29, 0.717) is 12.1 Å². The van der Waals surface area contributed by atoms with Crippen LogP contribution < -0.4 is 0 Å². The molecule has 19 heavy (non-hydrogen) atoms. The molecule has 0 aromatic heterocycles. The zero-order valence-corrected chi connectivity index (χ0v) is 11.0.